The molecule has 1 aromatic carbocycles. The van der Waals surface area contributed by atoms with Gasteiger partial charge in [0.05, 0.1) is 5.02 Å². The summed E-state index contributed by atoms with van der Waals surface area (Å²) in [6.07, 6.45) is 1.93. The minimum Gasteiger partial charge on any atom is -0.207 e. The quantitative estimate of drug-likeness (QED) is 0.781. The standard InChI is InChI=1S/C12H15BrClNO2S/c13-7-5-10-6-8-15(9-10)18(16,17)12-4-2-1-3-11(12)14/h1-4,10H,5-9H2. The van der Waals surface area contributed by atoms with E-state index in [0.717, 1.165) is 18.2 Å². The maximum absolute atomic E-state index is 12.4. The summed E-state index contributed by atoms with van der Waals surface area (Å²) in [4.78, 5) is 0.214. The number of sulfonamides is 1. The van der Waals surface area contributed by atoms with Crippen LogP contribution in [-0.4, -0.2) is 31.1 Å². The highest BCUT2D eigenvalue weighted by Gasteiger charge is 2.33. The van der Waals surface area contributed by atoms with Crippen molar-refractivity contribution in [3.63, 3.8) is 0 Å². The number of nitrogens with zero attached hydrogens (tertiary/aromatic N) is 1. The molecule has 1 aliphatic rings. The average molecular weight is 353 g/mol. The van der Waals surface area contributed by atoms with Crippen LogP contribution < -0.4 is 0 Å². The molecule has 0 N–H and O–H groups in total. The third-order valence-corrected chi connectivity index (χ3v) is 6.04. The van der Waals surface area contributed by atoms with Crippen LogP contribution in [0.4, 0.5) is 0 Å². The van der Waals surface area contributed by atoms with Crippen LogP contribution in [0.25, 0.3) is 0 Å². The summed E-state index contributed by atoms with van der Waals surface area (Å²) in [5, 5.41) is 1.21. The SMILES string of the molecule is O=S(=O)(c1ccccc1Cl)N1CCC(CCBr)C1. The fourth-order valence-corrected chi connectivity index (χ4v) is 4.87. The van der Waals surface area contributed by atoms with Gasteiger partial charge in [-0.05, 0) is 30.9 Å². The third kappa shape index (κ3) is 2.90. The van der Waals surface area contributed by atoms with Gasteiger partial charge >= 0.3 is 0 Å². The van der Waals surface area contributed by atoms with Gasteiger partial charge < -0.3 is 0 Å². The van der Waals surface area contributed by atoms with E-state index in [2.05, 4.69) is 15.9 Å². The Bertz CT molecular complexity index is 521. The molecular weight excluding hydrogens is 338 g/mol. The van der Waals surface area contributed by atoms with E-state index in [0.29, 0.717) is 24.0 Å². The van der Waals surface area contributed by atoms with Crippen LogP contribution in [-0.2, 0) is 10.0 Å². The van der Waals surface area contributed by atoms with E-state index >= 15 is 0 Å². The van der Waals surface area contributed by atoms with Crippen LogP contribution in [0, 0.1) is 5.92 Å². The first-order valence-corrected chi connectivity index (χ1v) is 8.80. The molecule has 0 aliphatic carbocycles. The van der Waals surface area contributed by atoms with Crippen molar-refractivity contribution in [1.82, 2.24) is 4.31 Å². The highest BCUT2D eigenvalue weighted by atomic mass is 79.9. The molecule has 1 fully saturated rings. The molecule has 18 heavy (non-hydrogen) atoms. The average Bonchev–Trinajstić information content (AvgIpc) is 2.79. The first-order valence-electron chi connectivity index (χ1n) is 5.86. The highest BCUT2D eigenvalue weighted by molar-refractivity contribution is 9.09. The van der Waals surface area contributed by atoms with Crippen molar-refractivity contribution in [3.8, 4) is 0 Å². The second kappa shape index (κ2) is 5.90. The number of hydrogen-bond acceptors (Lipinski definition) is 2. The molecule has 6 heteroatoms. The van der Waals surface area contributed by atoms with Gasteiger partial charge in [-0.15, -0.1) is 0 Å². The summed E-state index contributed by atoms with van der Waals surface area (Å²) in [7, 11) is -3.43. The fraction of sp³-hybridized carbons (Fsp3) is 0.500. The second-order valence-corrected chi connectivity index (χ2v) is 7.53. The van der Waals surface area contributed by atoms with Crippen LogP contribution in [0.15, 0.2) is 29.2 Å². The van der Waals surface area contributed by atoms with E-state index in [9.17, 15) is 8.42 Å². The smallest absolute Gasteiger partial charge is 0.207 e. The maximum Gasteiger partial charge on any atom is 0.244 e. The minimum atomic E-state index is -3.43. The largest absolute Gasteiger partial charge is 0.244 e. The van der Waals surface area contributed by atoms with Gasteiger partial charge in [0, 0.05) is 18.4 Å². The van der Waals surface area contributed by atoms with Gasteiger partial charge in [0.2, 0.25) is 10.0 Å². The second-order valence-electron chi connectivity index (χ2n) is 4.43. The molecule has 3 nitrogen and oxygen atoms in total. The number of benzene rings is 1. The lowest BCUT2D eigenvalue weighted by Gasteiger charge is -2.17. The Morgan fingerprint density at radius 1 is 1.39 bits per heavy atom. The fourth-order valence-electron chi connectivity index (χ4n) is 2.20. The molecule has 0 amide bonds. The van der Waals surface area contributed by atoms with Crippen molar-refractivity contribution in [2.45, 2.75) is 17.7 Å². The third-order valence-electron chi connectivity index (χ3n) is 3.22. The van der Waals surface area contributed by atoms with Crippen molar-refractivity contribution in [3.05, 3.63) is 29.3 Å². The van der Waals surface area contributed by atoms with Gasteiger partial charge in [-0.2, -0.15) is 4.31 Å². The van der Waals surface area contributed by atoms with Crippen molar-refractivity contribution < 1.29 is 8.42 Å². The number of rotatable bonds is 4. The summed E-state index contributed by atoms with van der Waals surface area (Å²) in [6.45, 7) is 1.18. The van der Waals surface area contributed by atoms with Crippen LogP contribution in [0.2, 0.25) is 5.02 Å². The summed E-state index contributed by atoms with van der Waals surface area (Å²) in [5.74, 6) is 0.446. The lowest BCUT2D eigenvalue weighted by Crippen LogP contribution is -2.29. The van der Waals surface area contributed by atoms with E-state index in [1.165, 1.54) is 0 Å². The zero-order valence-electron chi connectivity index (χ0n) is 9.85. The van der Waals surface area contributed by atoms with Gasteiger partial charge in [0.25, 0.3) is 0 Å². The van der Waals surface area contributed by atoms with Gasteiger partial charge in [-0.3, -0.25) is 0 Å². The molecule has 1 aromatic rings. The lowest BCUT2D eigenvalue weighted by atomic mass is 10.1. The molecule has 0 saturated carbocycles. The van der Waals surface area contributed by atoms with Crippen molar-refractivity contribution >= 4 is 37.6 Å². The molecule has 1 heterocycles. The predicted molar refractivity (Wildman–Crippen MR) is 76.7 cm³/mol. The first kappa shape index (κ1) is 14.3. The normalized spacial score (nSPS) is 21.3. The van der Waals surface area contributed by atoms with Gasteiger partial charge in [-0.25, -0.2) is 8.42 Å². The van der Waals surface area contributed by atoms with Crippen LogP contribution in [0.3, 0.4) is 0 Å². The zero-order chi connectivity index (χ0) is 13.2. The van der Waals surface area contributed by atoms with E-state index in [1.807, 2.05) is 0 Å². The van der Waals surface area contributed by atoms with Gasteiger partial charge in [0.1, 0.15) is 4.90 Å². The molecule has 0 aromatic heterocycles. The topological polar surface area (TPSA) is 37.4 Å². The van der Waals surface area contributed by atoms with Crippen molar-refractivity contribution in [1.29, 1.82) is 0 Å². The van der Waals surface area contributed by atoms with Gasteiger partial charge in [-0.1, -0.05) is 39.7 Å². The number of hydrogen-bond donors (Lipinski definition) is 0. The zero-order valence-corrected chi connectivity index (χ0v) is 13.0. The molecule has 0 radical (unpaired) electrons. The Morgan fingerprint density at radius 3 is 2.78 bits per heavy atom. The molecule has 1 saturated heterocycles. The summed E-state index contributed by atoms with van der Waals surface area (Å²) >= 11 is 9.37. The highest BCUT2D eigenvalue weighted by Crippen LogP contribution is 2.29. The molecule has 0 bridgehead atoms. The van der Waals surface area contributed by atoms with Crippen molar-refractivity contribution in [2.75, 3.05) is 18.4 Å². The molecule has 1 atom stereocenters. The van der Waals surface area contributed by atoms with E-state index < -0.39 is 10.0 Å². The number of halogens is 2. The molecule has 1 unspecified atom stereocenters. The Kier molecular flexibility index (Phi) is 4.69. The molecule has 0 spiro atoms. The summed E-state index contributed by atoms with van der Waals surface area (Å²) in [5.41, 5.74) is 0. The summed E-state index contributed by atoms with van der Waals surface area (Å²) in [6, 6.07) is 6.61. The lowest BCUT2D eigenvalue weighted by molar-refractivity contribution is 0.454. The monoisotopic (exact) mass is 351 g/mol. The Morgan fingerprint density at radius 2 is 2.11 bits per heavy atom. The van der Waals surface area contributed by atoms with Gasteiger partial charge in [0.15, 0.2) is 0 Å². The Balaban J connectivity index is 2.21. The van der Waals surface area contributed by atoms with Crippen LogP contribution >= 0.6 is 27.5 Å². The molecule has 2 rings (SSSR count). The maximum atomic E-state index is 12.4. The van der Waals surface area contributed by atoms with Crippen LogP contribution in [0.1, 0.15) is 12.8 Å². The minimum absolute atomic E-state index is 0.214. The summed E-state index contributed by atoms with van der Waals surface area (Å²) < 4.78 is 26.4. The van der Waals surface area contributed by atoms with Crippen molar-refractivity contribution in [2.24, 2.45) is 5.92 Å². The Hall–Kier alpha value is -0.100. The Labute approximate surface area is 121 Å². The molecule has 1 aliphatic heterocycles. The van der Waals surface area contributed by atoms with E-state index in [4.69, 9.17) is 11.6 Å². The predicted octanol–water partition coefficient (Wildman–Crippen LogP) is 3.14. The molecule has 100 valence electrons. The van der Waals surface area contributed by atoms with Crippen LogP contribution in [0.5, 0.6) is 0 Å². The molecular formula is C12H15BrClNO2S. The number of alkyl halides is 1. The van der Waals surface area contributed by atoms with E-state index in [1.54, 1.807) is 28.6 Å². The van der Waals surface area contributed by atoms with E-state index in [-0.39, 0.29) is 4.90 Å². The first-order chi connectivity index (χ1) is 8.55.